The van der Waals surface area contributed by atoms with E-state index in [4.69, 9.17) is 5.73 Å². The van der Waals surface area contributed by atoms with E-state index in [1.54, 1.807) is 0 Å². The number of hydrogen-bond donors (Lipinski definition) is 1. The van der Waals surface area contributed by atoms with Crippen molar-refractivity contribution in [3.05, 3.63) is 29.8 Å². The topological polar surface area (TPSA) is 32.5 Å². The minimum Gasteiger partial charge on any atom is -0.371 e. The Labute approximate surface area is 122 Å². The third kappa shape index (κ3) is 3.15. The van der Waals surface area contributed by atoms with Crippen LogP contribution in [0.15, 0.2) is 24.3 Å². The summed E-state index contributed by atoms with van der Waals surface area (Å²) >= 11 is 0. The Morgan fingerprint density at radius 3 is 2.45 bits per heavy atom. The Bertz CT molecular complexity index is 418. The molecule has 2 aliphatic rings. The molecule has 2 saturated heterocycles. The zero-order chi connectivity index (χ0) is 13.8. The number of hydrogen-bond acceptors (Lipinski definition) is 3. The molecule has 3 rings (SSSR count). The average molecular weight is 273 g/mol. The van der Waals surface area contributed by atoms with Gasteiger partial charge < -0.3 is 15.5 Å². The van der Waals surface area contributed by atoms with Gasteiger partial charge in [0.2, 0.25) is 0 Å². The predicted molar refractivity (Wildman–Crippen MR) is 85.0 cm³/mol. The van der Waals surface area contributed by atoms with Gasteiger partial charge in [0.15, 0.2) is 0 Å². The highest BCUT2D eigenvalue weighted by Gasteiger charge is 2.25. The molecule has 0 aliphatic carbocycles. The summed E-state index contributed by atoms with van der Waals surface area (Å²) in [4.78, 5) is 5.26. The van der Waals surface area contributed by atoms with E-state index in [1.165, 1.54) is 69.5 Å². The molecule has 2 heterocycles. The van der Waals surface area contributed by atoms with Crippen LogP contribution in [-0.4, -0.2) is 37.1 Å². The summed E-state index contributed by atoms with van der Waals surface area (Å²) in [6, 6.07) is 9.55. The number of nitrogens with zero attached hydrogens (tertiary/aromatic N) is 2. The van der Waals surface area contributed by atoms with E-state index in [0.717, 1.165) is 6.04 Å². The molecule has 3 nitrogen and oxygen atoms in total. The lowest BCUT2D eigenvalue weighted by atomic mass is 9.99. The molecule has 0 spiro atoms. The normalized spacial score (nSPS) is 22.1. The summed E-state index contributed by atoms with van der Waals surface area (Å²) in [5.41, 5.74) is 8.33. The van der Waals surface area contributed by atoms with Crippen molar-refractivity contribution in [3.63, 3.8) is 0 Å². The van der Waals surface area contributed by atoms with Crippen LogP contribution < -0.4 is 10.6 Å². The van der Waals surface area contributed by atoms with Crippen molar-refractivity contribution in [2.24, 2.45) is 5.73 Å². The summed E-state index contributed by atoms with van der Waals surface area (Å²) in [6.45, 7) is 5.67. The maximum absolute atomic E-state index is 5.74. The molecule has 2 N–H and O–H groups in total. The lowest BCUT2D eigenvalue weighted by Gasteiger charge is -2.41. The molecule has 0 amide bonds. The van der Waals surface area contributed by atoms with Crippen molar-refractivity contribution in [1.29, 1.82) is 0 Å². The quantitative estimate of drug-likeness (QED) is 0.919. The zero-order valence-electron chi connectivity index (χ0n) is 12.4. The minimum atomic E-state index is 0.637. The monoisotopic (exact) mass is 273 g/mol. The lowest BCUT2D eigenvalue weighted by Crippen LogP contribution is -2.46. The molecule has 2 aliphatic heterocycles. The van der Waals surface area contributed by atoms with Crippen LogP contribution in [0.2, 0.25) is 0 Å². The average Bonchev–Trinajstić information content (AvgIpc) is 2.56. The van der Waals surface area contributed by atoms with E-state index in [9.17, 15) is 0 Å². The molecule has 0 unspecified atom stereocenters. The fourth-order valence-corrected chi connectivity index (χ4v) is 3.65. The second-order valence-corrected chi connectivity index (χ2v) is 6.19. The van der Waals surface area contributed by atoms with Gasteiger partial charge in [0.05, 0.1) is 0 Å². The van der Waals surface area contributed by atoms with Gasteiger partial charge in [-0.15, -0.1) is 0 Å². The highest BCUT2D eigenvalue weighted by Crippen LogP contribution is 2.25. The van der Waals surface area contributed by atoms with Crippen molar-refractivity contribution in [2.45, 2.75) is 44.7 Å². The Kier molecular flexibility index (Phi) is 4.58. The van der Waals surface area contributed by atoms with Crippen LogP contribution in [0.1, 0.15) is 37.7 Å². The standard InChI is InChI=1S/C17H27N3/c18-14-15-5-4-6-17(13-15)20-11-7-16(8-12-20)19-9-2-1-3-10-19/h4-6,13,16H,1-3,7-12,14,18H2. The molecular weight excluding hydrogens is 246 g/mol. The number of nitrogens with two attached hydrogens (primary N) is 1. The molecule has 110 valence electrons. The van der Waals surface area contributed by atoms with Crippen molar-refractivity contribution < 1.29 is 0 Å². The second-order valence-electron chi connectivity index (χ2n) is 6.19. The molecule has 0 bridgehead atoms. The van der Waals surface area contributed by atoms with Gasteiger partial charge in [-0.2, -0.15) is 0 Å². The summed E-state index contributed by atoms with van der Waals surface area (Å²) in [5, 5.41) is 0. The number of piperidine rings is 2. The molecule has 0 radical (unpaired) electrons. The molecule has 0 saturated carbocycles. The van der Waals surface area contributed by atoms with Gasteiger partial charge in [0.25, 0.3) is 0 Å². The van der Waals surface area contributed by atoms with Crippen molar-refractivity contribution >= 4 is 5.69 Å². The Morgan fingerprint density at radius 2 is 1.75 bits per heavy atom. The molecule has 2 fully saturated rings. The molecular formula is C17H27N3. The van der Waals surface area contributed by atoms with Crippen molar-refractivity contribution in [1.82, 2.24) is 4.90 Å². The van der Waals surface area contributed by atoms with Gasteiger partial charge in [0.1, 0.15) is 0 Å². The van der Waals surface area contributed by atoms with Crippen LogP contribution in [-0.2, 0) is 6.54 Å². The number of anilines is 1. The first-order chi connectivity index (χ1) is 9.86. The third-order valence-electron chi connectivity index (χ3n) is 4.88. The lowest BCUT2D eigenvalue weighted by molar-refractivity contribution is 0.141. The smallest absolute Gasteiger partial charge is 0.0369 e. The molecule has 3 heteroatoms. The SMILES string of the molecule is NCc1cccc(N2CCC(N3CCCCC3)CC2)c1. The minimum absolute atomic E-state index is 0.637. The molecule has 0 atom stereocenters. The summed E-state index contributed by atoms with van der Waals surface area (Å²) in [7, 11) is 0. The molecule has 1 aromatic rings. The van der Waals surface area contributed by atoms with Gasteiger partial charge in [0, 0.05) is 31.4 Å². The van der Waals surface area contributed by atoms with Gasteiger partial charge in [-0.05, 0) is 56.5 Å². The zero-order valence-corrected chi connectivity index (χ0v) is 12.4. The van der Waals surface area contributed by atoms with Gasteiger partial charge in [-0.3, -0.25) is 0 Å². The Balaban J connectivity index is 1.57. The summed E-state index contributed by atoms with van der Waals surface area (Å²) < 4.78 is 0. The maximum atomic E-state index is 5.74. The maximum Gasteiger partial charge on any atom is 0.0369 e. The van der Waals surface area contributed by atoms with E-state index in [2.05, 4.69) is 34.1 Å². The highest BCUT2D eigenvalue weighted by molar-refractivity contribution is 5.49. The number of likely N-dealkylation sites (tertiary alicyclic amines) is 1. The van der Waals surface area contributed by atoms with Crippen LogP contribution in [0, 0.1) is 0 Å². The number of rotatable bonds is 3. The van der Waals surface area contributed by atoms with E-state index in [0.29, 0.717) is 6.54 Å². The fourth-order valence-electron chi connectivity index (χ4n) is 3.65. The first kappa shape index (κ1) is 13.9. The molecule has 0 aromatic heterocycles. The van der Waals surface area contributed by atoms with E-state index in [1.807, 2.05) is 0 Å². The molecule has 20 heavy (non-hydrogen) atoms. The van der Waals surface area contributed by atoms with Gasteiger partial charge in [-0.25, -0.2) is 0 Å². The largest absolute Gasteiger partial charge is 0.371 e. The van der Waals surface area contributed by atoms with E-state index in [-0.39, 0.29) is 0 Å². The summed E-state index contributed by atoms with van der Waals surface area (Å²) in [6.07, 6.45) is 6.86. The summed E-state index contributed by atoms with van der Waals surface area (Å²) in [5.74, 6) is 0. The van der Waals surface area contributed by atoms with Crippen molar-refractivity contribution in [3.8, 4) is 0 Å². The first-order valence-electron chi connectivity index (χ1n) is 8.15. The van der Waals surface area contributed by atoms with E-state index < -0.39 is 0 Å². The predicted octanol–water partition coefficient (Wildman–Crippen LogP) is 2.60. The third-order valence-corrected chi connectivity index (χ3v) is 4.88. The van der Waals surface area contributed by atoms with Crippen LogP contribution in [0.25, 0.3) is 0 Å². The van der Waals surface area contributed by atoms with Gasteiger partial charge >= 0.3 is 0 Å². The first-order valence-corrected chi connectivity index (χ1v) is 8.15. The van der Waals surface area contributed by atoms with Crippen LogP contribution in [0.3, 0.4) is 0 Å². The van der Waals surface area contributed by atoms with Crippen LogP contribution in [0.4, 0.5) is 5.69 Å². The van der Waals surface area contributed by atoms with Gasteiger partial charge in [-0.1, -0.05) is 18.6 Å². The fraction of sp³-hybridized carbons (Fsp3) is 0.647. The van der Waals surface area contributed by atoms with Crippen molar-refractivity contribution in [2.75, 3.05) is 31.1 Å². The highest BCUT2D eigenvalue weighted by atomic mass is 15.2. The van der Waals surface area contributed by atoms with Crippen LogP contribution >= 0.6 is 0 Å². The Hall–Kier alpha value is -1.06. The molecule has 1 aromatic carbocycles. The van der Waals surface area contributed by atoms with Crippen LogP contribution in [0.5, 0.6) is 0 Å². The second kappa shape index (κ2) is 6.59. The number of benzene rings is 1. The Morgan fingerprint density at radius 1 is 1.00 bits per heavy atom. The van der Waals surface area contributed by atoms with E-state index >= 15 is 0 Å².